The zero-order chi connectivity index (χ0) is 11.7. The number of nitrogens with two attached hydrogens (primary N) is 1. The van der Waals surface area contributed by atoms with Gasteiger partial charge in [0.1, 0.15) is 0 Å². The van der Waals surface area contributed by atoms with Gasteiger partial charge in [0.25, 0.3) is 0 Å². The molecule has 0 radical (unpaired) electrons. The van der Waals surface area contributed by atoms with Crippen LogP contribution in [0.3, 0.4) is 0 Å². The Hall–Kier alpha value is -1.10. The van der Waals surface area contributed by atoms with Crippen LogP contribution in [0.25, 0.3) is 0 Å². The average Bonchev–Trinajstić information content (AvgIpc) is 2.13. The highest BCUT2D eigenvalue weighted by atomic mass is 16.2. The van der Waals surface area contributed by atoms with E-state index in [-0.39, 0.29) is 17.9 Å². The van der Waals surface area contributed by atoms with E-state index in [1.165, 1.54) is 0 Å². The normalized spacial score (nSPS) is 10.1. The molecule has 0 saturated carbocycles. The Bertz CT molecular complexity index is 205. The average molecular weight is 215 g/mol. The molecule has 0 bridgehead atoms. The number of rotatable bonds is 7. The molecular formula is C10H21N3O2. The molecule has 0 spiro atoms. The first-order valence-electron chi connectivity index (χ1n) is 5.32. The third-order valence-corrected chi connectivity index (χ3v) is 1.73. The summed E-state index contributed by atoms with van der Waals surface area (Å²) in [7, 11) is 0. The molecule has 0 unspecified atom stereocenters. The minimum Gasteiger partial charge on any atom is -0.356 e. The Morgan fingerprint density at radius 1 is 1.20 bits per heavy atom. The molecule has 0 aliphatic heterocycles. The summed E-state index contributed by atoms with van der Waals surface area (Å²) in [5.74, 6) is -0.0816. The van der Waals surface area contributed by atoms with E-state index in [0.717, 1.165) is 0 Å². The van der Waals surface area contributed by atoms with E-state index < -0.39 is 0 Å². The van der Waals surface area contributed by atoms with Crippen LogP contribution in [0.15, 0.2) is 0 Å². The van der Waals surface area contributed by atoms with Crippen LogP contribution in [0.5, 0.6) is 0 Å². The maximum absolute atomic E-state index is 11.2. The van der Waals surface area contributed by atoms with Gasteiger partial charge < -0.3 is 16.4 Å². The fourth-order valence-electron chi connectivity index (χ4n) is 1.06. The van der Waals surface area contributed by atoms with Gasteiger partial charge in [-0.3, -0.25) is 9.59 Å². The molecule has 0 aromatic rings. The summed E-state index contributed by atoms with van der Waals surface area (Å²) in [6, 6.07) is 0.144. The van der Waals surface area contributed by atoms with Crippen molar-refractivity contribution in [2.75, 3.05) is 13.1 Å². The van der Waals surface area contributed by atoms with Crippen LogP contribution in [0.2, 0.25) is 0 Å². The molecule has 5 nitrogen and oxygen atoms in total. The molecule has 88 valence electrons. The minimum absolute atomic E-state index is 0.0378. The Morgan fingerprint density at radius 2 is 1.87 bits per heavy atom. The van der Waals surface area contributed by atoms with Gasteiger partial charge in [-0.15, -0.1) is 0 Å². The van der Waals surface area contributed by atoms with Gasteiger partial charge in [-0.1, -0.05) is 0 Å². The predicted molar refractivity (Wildman–Crippen MR) is 59.2 cm³/mol. The van der Waals surface area contributed by atoms with Crippen molar-refractivity contribution in [2.24, 2.45) is 5.73 Å². The Kier molecular flexibility index (Phi) is 7.62. The number of amides is 2. The molecule has 0 aromatic heterocycles. The summed E-state index contributed by atoms with van der Waals surface area (Å²) in [4.78, 5) is 22.3. The van der Waals surface area contributed by atoms with Gasteiger partial charge in [-0.2, -0.15) is 0 Å². The molecule has 0 atom stereocenters. The molecule has 0 rings (SSSR count). The van der Waals surface area contributed by atoms with Gasteiger partial charge >= 0.3 is 0 Å². The zero-order valence-corrected chi connectivity index (χ0v) is 9.51. The third-order valence-electron chi connectivity index (χ3n) is 1.73. The van der Waals surface area contributed by atoms with E-state index in [0.29, 0.717) is 32.4 Å². The van der Waals surface area contributed by atoms with Crippen molar-refractivity contribution in [1.82, 2.24) is 10.6 Å². The molecule has 0 aliphatic rings. The smallest absolute Gasteiger partial charge is 0.221 e. The Balaban J connectivity index is 3.44. The van der Waals surface area contributed by atoms with Crippen molar-refractivity contribution >= 4 is 11.8 Å². The highest BCUT2D eigenvalue weighted by Crippen LogP contribution is 1.87. The van der Waals surface area contributed by atoms with Crippen molar-refractivity contribution in [1.29, 1.82) is 0 Å². The summed E-state index contributed by atoms with van der Waals surface area (Å²) < 4.78 is 0. The van der Waals surface area contributed by atoms with Crippen molar-refractivity contribution in [3.05, 3.63) is 0 Å². The summed E-state index contributed by atoms with van der Waals surface area (Å²) in [6.45, 7) is 4.71. The summed E-state index contributed by atoms with van der Waals surface area (Å²) in [6.07, 6.45) is 1.44. The van der Waals surface area contributed by atoms with Gasteiger partial charge in [0.2, 0.25) is 11.8 Å². The first-order valence-corrected chi connectivity index (χ1v) is 5.32. The summed E-state index contributed by atoms with van der Waals surface area (Å²) in [5.41, 5.74) is 5.26. The van der Waals surface area contributed by atoms with Crippen LogP contribution in [0.4, 0.5) is 0 Å². The highest BCUT2D eigenvalue weighted by molar-refractivity contribution is 5.79. The first kappa shape index (κ1) is 13.9. The second-order valence-electron chi connectivity index (χ2n) is 3.71. The fraction of sp³-hybridized carbons (Fsp3) is 0.800. The number of nitrogens with one attached hydrogen (secondary N) is 2. The first-order chi connectivity index (χ1) is 7.06. The van der Waals surface area contributed by atoms with Gasteiger partial charge in [0, 0.05) is 25.4 Å². The topological polar surface area (TPSA) is 84.2 Å². The molecule has 2 amide bonds. The SMILES string of the molecule is CC(C)NC(=O)CCNC(=O)CCCN. The number of hydrogen-bond acceptors (Lipinski definition) is 3. The lowest BCUT2D eigenvalue weighted by molar-refractivity contribution is -0.122. The van der Waals surface area contributed by atoms with E-state index in [1.54, 1.807) is 0 Å². The molecule has 0 fully saturated rings. The monoisotopic (exact) mass is 215 g/mol. The van der Waals surface area contributed by atoms with Crippen molar-refractivity contribution in [2.45, 2.75) is 39.2 Å². The lowest BCUT2D eigenvalue weighted by Gasteiger charge is -2.08. The van der Waals surface area contributed by atoms with E-state index in [2.05, 4.69) is 10.6 Å². The third kappa shape index (κ3) is 9.21. The van der Waals surface area contributed by atoms with E-state index in [1.807, 2.05) is 13.8 Å². The highest BCUT2D eigenvalue weighted by Gasteiger charge is 2.04. The molecular weight excluding hydrogens is 194 g/mol. The summed E-state index contributed by atoms with van der Waals surface area (Å²) >= 11 is 0. The van der Waals surface area contributed by atoms with Gasteiger partial charge in [-0.25, -0.2) is 0 Å². The second-order valence-corrected chi connectivity index (χ2v) is 3.71. The predicted octanol–water partition coefficient (Wildman–Crippen LogP) is -0.244. The van der Waals surface area contributed by atoms with Crippen molar-refractivity contribution in [3.8, 4) is 0 Å². The van der Waals surface area contributed by atoms with Crippen LogP contribution >= 0.6 is 0 Å². The van der Waals surface area contributed by atoms with Crippen LogP contribution in [-0.2, 0) is 9.59 Å². The molecule has 5 heteroatoms. The van der Waals surface area contributed by atoms with Crippen LogP contribution in [-0.4, -0.2) is 30.9 Å². The maximum atomic E-state index is 11.2. The van der Waals surface area contributed by atoms with Gasteiger partial charge in [0.15, 0.2) is 0 Å². The largest absolute Gasteiger partial charge is 0.356 e. The quantitative estimate of drug-likeness (QED) is 0.548. The lowest BCUT2D eigenvalue weighted by atomic mass is 10.3. The van der Waals surface area contributed by atoms with Crippen LogP contribution < -0.4 is 16.4 Å². The van der Waals surface area contributed by atoms with Crippen molar-refractivity contribution < 1.29 is 9.59 Å². The molecule has 0 aliphatic carbocycles. The van der Waals surface area contributed by atoms with Gasteiger partial charge in [0.05, 0.1) is 0 Å². The van der Waals surface area contributed by atoms with Crippen LogP contribution in [0, 0.1) is 0 Å². The zero-order valence-electron chi connectivity index (χ0n) is 9.51. The summed E-state index contributed by atoms with van der Waals surface area (Å²) in [5, 5.41) is 5.42. The second kappa shape index (κ2) is 8.23. The Morgan fingerprint density at radius 3 is 2.40 bits per heavy atom. The number of carbonyl (C=O) groups is 2. The van der Waals surface area contributed by atoms with E-state index in [4.69, 9.17) is 5.73 Å². The molecule has 0 aromatic carbocycles. The lowest BCUT2D eigenvalue weighted by Crippen LogP contribution is -2.34. The van der Waals surface area contributed by atoms with Gasteiger partial charge in [-0.05, 0) is 26.8 Å². The van der Waals surface area contributed by atoms with E-state index in [9.17, 15) is 9.59 Å². The number of carbonyl (C=O) groups excluding carboxylic acids is 2. The standard InChI is InChI=1S/C10H21N3O2/c1-8(2)13-10(15)5-7-12-9(14)4-3-6-11/h8H,3-7,11H2,1-2H3,(H,12,14)(H,13,15). The molecule has 4 N–H and O–H groups in total. The van der Waals surface area contributed by atoms with Crippen LogP contribution in [0.1, 0.15) is 33.1 Å². The molecule has 0 saturated heterocycles. The van der Waals surface area contributed by atoms with E-state index >= 15 is 0 Å². The minimum atomic E-state index is -0.0437. The maximum Gasteiger partial charge on any atom is 0.221 e. The fourth-order valence-corrected chi connectivity index (χ4v) is 1.06. The molecule has 0 heterocycles. The number of hydrogen-bond donors (Lipinski definition) is 3. The van der Waals surface area contributed by atoms with Crippen molar-refractivity contribution in [3.63, 3.8) is 0 Å². The molecule has 15 heavy (non-hydrogen) atoms. The Labute approximate surface area is 90.8 Å².